The van der Waals surface area contributed by atoms with E-state index in [0.29, 0.717) is 21.5 Å². The molecule has 0 radical (unpaired) electrons. The first-order valence-electron chi connectivity index (χ1n) is 20.9. The van der Waals surface area contributed by atoms with E-state index < -0.39 is 39.0 Å². The summed E-state index contributed by atoms with van der Waals surface area (Å²) in [7, 11) is -4.18. The van der Waals surface area contributed by atoms with Gasteiger partial charge >= 0.3 is 20.4 Å². The Hall–Kier alpha value is -6.03. The van der Waals surface area contributed by atoms with E-state index in [0.717, 1.165) is 32.9 Å². The molecule has 0 spiro atoms. The first-order valence-corrected chi connectivity index (χ1v) is 24.2. The molecule has 0 amide bonds. The molecule has 2 aliphatic heterocycles. The number of halogens is 1. The Morgan fingerprint density at radius 3 is 0.769 bits per heavy atom. The van der Waals surface area contributed by atoms with Crippen molar-refractivity contribution < 1.29 is 32.8 Å². The Morgan fingerprint density at radius 1 is 0.369 bits per heavy atom. The fraction of sp³-hybridized carbons (Fsp3) is 0.0943. The van der Waals surface area contributed by atoms with E-state index in [9.17, 15) is 0 Å². The molecule has 9 aromatic rings. The van der Waals surface area contributed by atoms with E-state index >= 15 is 19.2 Å². The standard InChI is InChI=1S/C50H36N4O4P2.C3H5.ClH.Pd/c55-43-37-27-13-14-28-38(37)44(56)52-48(34-21-7-2-8-22-34)59(47(51(43)52)33-19-5-1-6-20-33)41-31-17-18-32-42(41)60-49(35-23-9-3-10-24-35)53-45(57)39-29-15-16-30-40(39)46(58)54(53)50(60)36-25-11-4-12-26-36;1-3-2;;/h1-32,47-50H;1H2,2H3;1H;/q;-1;;+2/p+1/t47-,48-,49-,50-;;;/m0.../s1. The molecule has 324 valence electrons. The van der Waals surface area contributed by atoms with E-state index in [1.807, 2.05) is 97.1 Å². The predicted octanol–water partition coefficient (Wildman–Crippen LogP) is 5.93. The molecule has 0 aliphatic carbocycles. The molecule has 2 aliphatic rings. The van der Waals surface area contributed by atoms with Crippen LogP contribution in [-0.4, -0.2) is 18.7 Å². The van der Waals surface area contributed by atoms with Crippen LogP contribution in [0.2, 0.25) is 0 Å². The van der Waals surface area contributed by atoms with Crippen LogP contribution >= 0.6 is 15.8 Å². The van der Waals surface area contributed by atoms with Gasteiger partial charge in [0, 0.05) is 22.3 Å². The molecule has 7 aromatic carbocycles. The van der Waals surface area contributed by atoms with Crippen LogP contribution in [0.25, 0.3) is 21.5 Å². The van der Waals surface area contributed by atoms with Crippen molar-refractivity contribution in [1.29, 1.82) is 0 Å². The maximum absolute atomic E-state index is 15.0. The Labute approximate surface area is 397 Å². The summed E-state index contributed by atoms with van der Waals surface area (Å²) < 4.78 is 6.98. The van der Waals surface area contributed by atoms with E-state index in [1.165, 1.54) is 0 Å². The van der Waals surface area contributed by atoms with Gasteiger partial charge in [-0.1, -0.05) is 158 Å². The molecule has 4 atom stereocenters. The van der Waals surface area contributed by atoms with Gasteiger partial charge in [0.1, 0.15) is 10.6 Å². The summed E-state index contributed by atoms with van der Waals surface area (Å²) in [5.74, 6) is -1.96. The first-order chi connectivity index (χ1) is 30.9. The van der Waals surface area contributed by atoms with Gasteiger partial charge in [-0.3, -0.25) is 25.8 Å². The first kappa shape index (κ1) is 45.5. The normalized spacial score (nSPS) is 17.6. The van der Waals surface area contributed by atoms with Gasteiger partial charge in [0.15, 0.2) is 23.1 Å². The minimum absolute atomic E-state index is 0. The fourth-order valence-electron chi connectivity index (χ4n) is 9.79. The van der Waals surface area contributed by atoms with Gasteiger partial charge in [-0.2, -0.15) is 25.7 Å². The van der Waals surface area contributed by atoms with E-state index in [4.69, 9.17) is 0 Å². The minimum Gasteiger partial charge on any atom is -1.00 e. The summed E-state index contributed by atoms with van der Waals surface area (Å²) >= 11 is 0. The molecule has 0 unspecified atom stereocenters. The molecule has 12 heteroatoms. The van der Waals surface area contributed by atoms with Crippen molar-refractivity contribution in [1.82, 2.24) is 18.7 Å². The second-order valence-electron chi connectivity index (χ2n) is 15.8. The van der Waals surface area contributed by atoms with Gasteiger partial charge in [0.2, 0.25) is 0 Å². The van der Waals surface area contributed by atoms with Crippen LogP contribution in [0.15, 0.2) is 220 Å². The largest absolute Gasteiger partial charge is 2.00 e. The Bertz CT molecular complexity index is 3000. The van der Waals surface area contributed by atoms with Gasteiger partial charge in [-0.05, 0) is 36.4 Å². The van der Waals surface area contributed by atoms with Crippen molar-refractivity contribution >= 4 is 48.0 Å². The fourth-order valence-corrected chi connectivity index (χ4v) is 18.0. The summed E-state index contributed by atoms with van der Waals surface area (Å²) in [6.07, 6.45) is 2.50. The summed E-state index contributed by atoms with van der Waals surface area (Å²) in [6, 6.07) is 63.0. The van der Waals surface area contributed by atoms with Crippen LogP contribution in [0.1, 0.15) is 52.3 Å². The summed E-state index contributed by atoms with van der Waals surface area (Å²) in [5, 5.41) is 3.69. The molecule has 4 heterocycles. The second kappa shape index (κ2) is 19.2. The molecule has 8 nitrogen and oxygen atoms in total. The molecule has 0 saturated carbocycles. The van der Waals surface area contributed by atoms with E-state index in [2.05, 4.69) is 85.5 Å². The number of hydrogen-bond acceptors (Lipinski definition) is 4. The molecular weight excluding hydrogens is 960 g/mol. The Balaban J connectivity index is 0.00000112. The average Bonchev–Trinajstić information content (AvgIpc) is 3.90. The topological polar surface area (TPSA) is 88.0 Å². The third-order valence-electron chi connectivity index (χ3n) is 12.2. The number of rotatable bonds is 6. The van der Waals surface area contributed by atoms with Crippen LogP contribution < -0.4 is 45.3 Å². The molecule has 0 N–H and O–H groups in total. The van der Waals surface area contributed by atoms with Crippen LogP contribution in [-0.2, 0) is 20.4 Å². The third-order valence-corrected chi connectivity index (χ3v) is 19.3. The second-order valence-corrected chi connectivity index (χ2v) is 20.8. The number of hydrogen-bond donors (Lipinski definition) is 0. The van der Waals surface area contributed by atoms with Gasteiger partial charge in [-0.25, -0.2) is 0 Å². The number of fused-ring (bicyclic) bond motifs is 4. The van der Waals surface area contributed by atoms with Crippen LogP contribution in [0.3, 0.4) is 0 Å². The van der Waals surface area contributed by atoms with Crippen molar-refractivity contribution in [3.8, 4) is 0 Å². The van der Waals surface area contributed by atoms with E-state index in [1.54, 1.807) is 49.9 Å². The molecule has 0 fully saturated rings. The summed E-state index contributed by atoms with van der Waals surface area (Å²) in [5.41, 5.74) is 2.90. The zero-order valence-corrected chi connectivity index (χ0v) is 39.4. The quantitative estimate of drug-likeness (QED) is 0.118. The van der Waals surface area contributed by atoms with Crippen LogP contribution in [0, 0.1) is 6.08 Å². The molecule has 0 saturated heterocycles. The number of allylic oxidation sites excluding steroid dienone is 1. The van der Waals surface area contributed by atoms with E-state index in [-0.39, 0.29) is 55.1 Å². The maximum Gasteiger partial charge on any atom is 2.00 e. The third kappa shape index (κ3) is 7.56. The zero-order chi connectivity index (χ0) is 43.2. The Kier molecular flexibility index (Phi) is 13.5. The van der Waals surface area contributed by atoms with Crippen molar-refractivity contribution in [2.45, 2.75) is 30.1 Å². The molecular formula is C53H43ClN4O4P2Pd+2. The summed E-state index contributed by atoms with van der Waals surface area (Å²) in [4.78, 5) is 60.1. The molecule has 0 bridgehead atoms. The maximum atomic E-state index is 15.0. The zero-order valence-electron chi connectivity index (χ0n) is 35.1. The van der Waals surface area contributed by atoms with Crippen molar-refractivity contribution in [2.24, 2.45) is 0 Å². The molecule has 11 rings (SSSR count). The molecule has 2 aromatic heterocycles. The van der Waals surface area contributed by atoms with Crippen molar-refractivity contribution in [3.05, 3.63) is 270 Å². The number of nitrogens with zero attached hydrogens (tertiary/aromatic N) is 4. The summed E-state index contributed by atoms with van der Waals surface area (Å²) in [6.45, 7) is 5.00. The SMILES string of the molecule is C=[C-]C.O=c1c2ccccc2c(=O)n2n1[C@H](c1ccccc1)[PH+](c1ccccc1[PH+]1[C@@H](c3ccccc3)n3c(=O)c4ccccc4c(=O)n3[C@@H]1c1ccccc1)[C@H]2c1ccccc1.[Cl-].[Pd+2]. The Morgan fingerprint density at radius 2 is 0.554 bits per heavy atom. The predicted molar refractivity (Wildman–Crippen MR) is 260 cm³/mol. The van der Waals surface area contributed by atoms with Crippen molar-refractivity contribution in [2.75, 3.05) is 0 Å². The smallest absolute Gasteiger partial charge is 1.00 e. The van der Waals surface area contributed by atoms with Crippen LogP contribution in [0.4, 0.5) is 0 Å². The average molecular weight is 1000 g/mol. The van der Waals surface area contributed by atoms with Crippen LogP contribution in [0.5, 0.6) is 0 Å². The number of aromatic nitrogens is 4. The van der Waals surface area contributed by atoms with Gasteiger partial charge in [-0.15, -0.1) is 0 Å². The van der Waals surface area contributed by atoms with Gasteiger partial charge in [0.05, 0.1) is 37.4 Å². The monoisotopic (exact) mass is 1000 g/mol. The van der Waals surface area contributed by atoms with Crippen molar-refractivity contribution in [3.63, 3.8) is 0 Å². The van der Waals surface area contributed by atoms with Gasteiger partial charge < -0.3 is 18.5 Å². The van der Waals surface area contributed by atoms with Gasteiger partial charge in [0.25, 0.3) is 22.2 Å². The minimum atomic E-state index is -2.09. The number of benzene rings is 7. The molecule has 65 heavy (non-hydrogen) atoms.